The van der Waals surface area contributed by atoms with Crippen LogP contribution in [0, 0.1) is 5.82 Å². The zero-order chi connectivity index (χ0) is 13.8. The molecule has 0 radical (unpaired) electrons. The Balaban J connectivity index is 2.61. The van der Waals surface area contributed by atoms with Gasteiger partial charge in [-0.25, -0.2) is 4.39 Å². The molecular weight excluding hydrogens is 235 g/mol. The summed E-state index contributed by atoms with van der Waals surface area (Å²) in [5.41, 5.74) is 4.84. The molecule has 0 aromatic heterocycles. The van der Waals surface area contributed by atoms with E-state index < -0.39 is 17.3 Å². The molecular formula is C13H19FN2O2. The molecule has 1 atom stereocenters. The molecule has 100 valence electrons. The number of primary amides is 1. The number of hydrogen-bond acceptors (Lipinski definition) is 3. The van der Waals surface area contributed by atoms with Crippen molar-refractivity contribution in [3.8, 4) is 0 Å². The first-order valence-electron chi connectivity index (χ1n) is 5.87. The quantitative estimate of drug-likeness (QED) is 0.713. The number of nitrogens with two attached hydrogens (primary N) is 1. The zero-order valence-electron chi connectivity index (χ0n) is 10.7. The first kappa shape index (κ1) is 14.6. The Bertz CT molecular complexity index is 433. The fraction of sp³-hybridized carbons (Fsp3) is 0.462. The Morgan fingerprint density at radius 1 is 1.56 bits per heavy atom. The molecule has 18 heavy (non-hydrogen) atoms. The topological polar surface area (TPSA) is 75.3 Å². The molecule has 4 N–H and O–H groups in total. The van der Waals surface area contributed by atoms with Gasteiger partial charge in [0, 0.05) is 24.2 Å². The van der Waals surface area contributed by atoms with Crippen LogP contribution in [0.2, 0.25) is 0 Å². The lowest BCUT2D eigenvalue weighted by molar-refractivity contribution is 0.0555. The van der Waals surface area contributed by atoms with Gasteiger partial charge in [-0.3, -0.25) is 4.79 Å². The molecule has 4 nitrogen and oxygen atoms in total. The standard InChI is InChI=1S/C13H19FN2O2/c1-3-13(2,18)8-16-7-10-5-4-9(12(15)17)6-11(10)14/h4-6,16,18H,3,7-8H2,1-2H3,(H2,15,17). The number of carbonyl (C=O) groups excluding carboxylic acids is 1. The van der Waals surface area contributed by atoms with E-state index in [2.05, 4.69) is 5.32 Å². The van der Waals surface area contributed by atoms with Gasteiger partial charge in [0.2, 0.25) is 5.91 Å². The van der Waals surface area contributed by atoms with E-state index in [-0.39, 0.29) is 5.56 Å². The van der Waals surface area contributed by atoms with E-state index in [0.717, 1.165) is 6.07 Å². The van der Waals surface area contributed by atoms with Crippen LogP contribution in [0.1, 0.15) is 36.2 Å². The molecule has 0 spiro atoms. The van der Waals surface area contributed by atoms with Crippen LogP contribution < -0.4 is 11.1 Å². The van der Waals surface area contributed by atoms with Gasteiger partial charge in [-0.05, 0) is 25.5 Å². The number of amides is 1. The van der Waals surface area contributed by atoms with Gasteiger partial charge in [-0.2, -0.15) is 0 Å². The van der Waals surface area contributed by atoms with Crippen molar-refractivity contribution in [3.63, 3.8) is 0 Å². The Morgan fingerprint density at radius 2 is 2.22 bits per heavy atom. The Labute approximate surface area is 106 Å². The van der Waals surface area contributed by atoms with E-state index in [1.165, 1.54) is 12.1 Å². The lowest BCUT2D eigenvalue weighted by Gasteiger charge is -2.21. The van der Waals surface area contributed by atoms with Crippen molar-refractivity contribution in [2.24, 2.45) is 5.73 Å². The summed E-state index contributed by atoms with van der Waals surface area (Å²) < 4.78 is 13.6. The number of nitrogens with one attached hydrogen (secondary N) is 1. The van der Waals surface area contributed by atoms with Crippen LogP contribution in [0.4, 0.5) is 4.39 Å². The number of aliphatic hydroxyl groups is 1. The maximum Gasteiger partial charge on any atom is 0.248 e. The highest BCUT2D eigenvalue weighted by atomic mass is 19.1. The molecule has 0 aliphatic carbocycles. The van der Waals surface area contributed by atoms with Crippen LogP contribution in [-0.2, 0) is 6.54 Å². The molecule has 0 saturated carbocycles. The van der Waals surface area contributed by atoms with Crippen molar-refractivity contribution in [1.29, 1.82) is 0 Å². The van der Waals surface area contributed by atoms with Gasteiger partial charge < -0.3 is 16.2 Å². The number of benzene rings is 1. The summed E-state index contributed by atoms with van der Waals surface area (Å²) in [7, 11) is 0. The normalized spacial score (nSPS) is 14.2. The summed E-state index contributed by atoms with van der Waals surface area (Å²) in [6.45, 7) is 4.26. The van der Waals surface area contributed by atoms with Crippen molar-refractivity contribution in [3.05, 3.63) is 35.1 Å². The fourth-order valence-electron chi connectivity index (χ4n) is 1.44. The van der Waals surface area contributed by atoms with Gasteiger partial charge in [0.25, 0.3) is 0 Å². The molecule has 0 aliphatic rings. The van der Waals surface area contributed by atoms with Crippen LogP contribution in [0.5, 0.6) is 0 Å². The third kappa shape index (κ3) is 4.09. The highest BCUT2D eigenvalue weighted by Crippen LogP contribution is 2.11. The Hall–Kier alpha value is -1.46. The maximum atomic E-state index is 13.6. The maximum absolute atomic E-state index is 13.6. The molecule has 0 heterocycles. The second-order valence-electron chi connectivity index (χ2n) is 4.62. The van der Waals surface area contributed by atoms with E-state index >= 15 is 0 Å². The molecule has 0 fully saturated rings. The molecule has 1 amide bonds. The highest BCUT2D eigenvalue weighted by molar-refractivity contribution is 5.92. The van der Waals surface area contributed by atoms with Gasteiger partial charge in [0.05, 0.1) is 5.60 Å². The summed E-state index contributed by atoms with van der Waals surface area (Å²) in [6, 6.07) is 4.13. The average Bonchev–Trinajstić information content (AvgIpc) is 2.31. The smallest absolute Gasteiger partial charge is 0.248 e. The number of halogens is 1. The average molecular weight is 254 g/mol. The summed E-state index contributed by atoms with van der Waals surface area (Å²) in [4.78, 5) is 10.9. The predicted molar refractivity (Wildman–Crippen MR) is 67.5 cm³/mol. The highest BCUT2D eigenvalue weighted by Gasteiger charge is 2.16. The van der Waals surface area contributed by atoms with Crippen LogP contribution >= 0.6 is 0 Å². The van der Waals surface area contributed by atoms with Crippen LogP contribution in [0.25, 0.3) is 0 Å². The monoisotopic (exact) mass is 254 g/mol. The molecule has 0 saturated heterocycles. The largest absolute Gasteiger partial charge is 0.389 e. The van der Waals surface area contributed by atoms with Gasteiger partial charge in [-0.1, -0.05) is 13.0 Å². The van der Waals surface area contributed by atoms with E-state index in [4.69, 9.17) is 5.73 Å². The Kier molecular flexibility index (Phi) is 4.81. The number of hydrogen-bond donors (Lipinski definition) is 3. The van der Waals surface area contributed by atoms with E-state index in [0.29, 0.717) is 25.1 Å². The van der Waals surface area contributed by atoms with Crippen molar-refractivity contribution in [1.82, 2.24) is 5.32 Å². The minimum Gasteiger partial charge on any atom is -0.389 e. The zero-order valence-corrected chi connectivity index (χ0v) is 10.7. The fourth-order valence-corrected chi connectivity index (χ4v) is 1.44. The van der Waals surface area contributed by atoms with Gasteiger partial charge >= 0.3 is 0 Å². The first-order chi connectivity index (χ1) is 8.35. The molecule has 1 aromatic carbocycles. The van der Waals surface area contributed by atoms with E-state index in [1.807, 2.05) is 6.92 Å². The van der Waals surface area contributed by atoms with Crippen LogP contribution in [-0.4, -0.2) is 23.2 Å². The number of carbonyl (C=O) groups is 1. The van der Waals surface area contributed by atoms with Gasteiger partial charge in [-0.15, -0.1) is 0 Å². The van der Waals surface area contributed by atoms with Crippen molar-refractivity contribution >= 4 is 5.91 Å². The Morgan fingerprint density at radius 3 is 2.72 bits per heavy atom. The lowest BCUT2D eigenvalue weighted by atomic mass is 10.0. The predicted octanol–water partition coefficient (Wildman–Crippen LogP) is 1.18. The molecule has 1 rings (SSSR count). The second kappa shape index (κ2) is 5.93. The minimum atomic E-state index is -0.802. The summed E-state index contributed by atoms with van der Waals surface area (Å²) in [5, 5.41) is 12.7. The molecule has 5 heteroatoms. The summed E-state index contributed by atoms with van der Waals surface area (Å²) in [6.07, 6.45) is 0.614. The van der Waals surface area contributed by atoms with Gasteiger partial charge in [0.1, 0.15) is 5.82 Å². The van der Waals surface area contributed by atoms with Crippen molar-refractivity contribution < 1.29 is 14.3 Å². The van der Waals surface area contributed by atoms with Crippen molar-refractivity contribution in [2.75, 3.05) is 6.54 Å². The minimum absolute atomic E-state index is 0.150. The molecule has 0 aliphatic heterocycles. The van der Waals surface area contributed by atoms with Crippen LogP contribution in [0.3, 0.4) is 0 Å². The van der Waals surface area contributed by atoms with Gasteiger partial charge in [0.15, 0.2) is 0 Å². The molecule has 0 bridgehead atoms. The number of rotatable bonds is 6. The lowest BCUT2D eigenvalue weighted by Crippen LogP contribution is -2.36. The summed E-state index contributed by atoms with van der Waals surface area (Å²) in [5.74, 6) is -1.13. The first-order valence-corrected chi connectivity index (χ1v) is 5.87. The third-order valence-electron chi connectivity index (χ3n) is 2.92. The SMILES string of the molecule is CCC(C)(O)CNCc1ccc(C(N)=O)cc1F. The van der Waals surface area contributed by atoms with Crippen LogP contribution in [0.15, 0.2) is 18.2 Å². The van der Waals surface area contributed by atoms with E-state index in [9.17, 15) is 14.3 Å². The molecule has 1 aromatic rings. The third-order valence-corrected chi connectivity index (χ3v) is 2.92. The van der Waals surface area contributed by atoms with E-state index in [1.54, 1.807) is 6.92 Å². The molecule has 1 unspecified atom stereocenters. The van der Waals surface area contributed by atoms with Crippen molar-refractivity contribution in [2.45, 2.75) is 32.4 Å². The second-order valence-corrected chi connectivity index (χ2v) is 4.62. The summed E-state index contributed by atoms with van der Waals surface area (Å²) >= 11 is 0.